The van der Waals surface area contributed by atoms with E-state index < -0.39 is 6.10 Å². The Morgan fingerprint density at radius 1 is 1.29 bits per heavy atom. The van der Waals surface area contributed by atoms with Crippen molar-refractivity contribution in [3.05, 3.63) is 58.1 Å². The van der Waals surface area contributed by atoms with Gasteiger partial charge in [-0.1, -0.05) is 41.1 Å². The van der Waals surface area contributed by atoms with E-state index in [0.717, 1.165) is 30.2 Å². The lowest BCUT2D eigenvalue weighted by Crippen LogP contribution is -2.26. The zero-order valence-electron chi connectivity index (χ0n) is 14.0. The van der Waals surface area contributed by atoms with E-state index in [4.69, 9.17) is 4.74 Å². The topological polar surface area (TPSA) is 43.4 Å². The zero-order valence-corrected chi connectivity index (χ0v) is 15.6. The van der Waals surface area contributed by atoms with Crippen LogP contribution in [0.25, 0.3) is 0 Å². The van der Waals surface area contributed by atoms with Crippen molar-refractivity contribution in [3.63, 3.8) is 0 Å². The second-order valence-electron chi connectivity index (χ2n) is 5.83. The van der Waals surface area contributed by atoms with Gasteiger partial charge in [0.25, 0.3) is 0 Å². The number of ether oxygens (including phenoxy) is 1. The van der Waals surface area contributed by atoms with E-state index in [2.05, 4.69) is 35.0 Å². The minimum atomic E-state index is -0.463. The molecule has 0 amide bonds. The average Bonchev–Trinajstić information content (AvgIpc) is 2.58. The normalized spacial score (nSPS) is 16.1. The number of halogens is 1. The molecule has 0 N–H and O–H groups in total. The van der Waals surface area contributed by atoms with Gasteiger partial charge in [-0.15, -0.1) is 0 Å². The maximum atomic E-state index is 12.4. The van der Waals surface area contributed by atoms with Crippen molar-refractivity contribution < 1.29 is 14.3 Å². The molecule has 1 aromatic rings. The maximum Gasteiger partial charge on any atom is 0.338 e. The van der Waals surface area contributed by atoms with E-state index in [1.54, 1.807) is 24.3 Å². The molecule has 0 heterocycles. The van der Waals surface area contributed by atoms with Crippen molar-refractivity contribution in [3.8, 4) is 0 Å². The number of allylic oxidation sites excluding steroid dienone is 3. The lowest BCUT2D eigenvalue weighted by molar-refractivity contribution is -0.117. The third-order valence-electron chi connectivity index (χ3n) is 3.97. The zero-order chi connectivity index (χ0) is 17.4. The Balaban J connectivity index is 2.10. The molecule has 0 aliphatic heterocycles. The predicted octanol–water partition coefficient (Wildman–Crippen LogP) is 5.40. The lowest BCUT2D eigenvalue weighted by atomic mass is 9.92. The van der Waals surface area contributed by atoms with Crippen LogP contribution in [-0.2, 0) is 9.53 Å². The highest BCUT2D eigenvalue weighted by molar-refractivity contribution is 9.10. The fourth-order valence-corrected chi connectivity index (χ4v) is 2.95. The molecule has 24 heavy (non-hydrogen) atoms. The summed E-state index contributed by atoms with van der Waals surface area (Å²) in [5, 5.41) is 0. The van der Waals surface area contributed by atoms with Gasteiger partial charge in [0.05, 0.1) is 5.56 Å². The van der Waals surface area contributed by atoms with Gasteiger partial charge < -0.3 is 4.74 Å². The number of esters is 1. The van der Waals surface area contributed by atoms with Crippen molar-refractivity contribution in [2.75, 3.05) is 0 Å². The van der Waals surface area contributed by atoms with E-state index in [9.17, 15) is 9.59 Å². The van der Waals surface area contributed by atoms with E-state index in [1.807, 2.05) is 6.08 Å². The Bertz CT molecular complexity index is 629. The summed E-state index contributed by atoms with van der Waals surface area (Å²) in [5.74, 6) is -0.277. The van der Waals surface area contributed by atoms with Gasteiger partial charge in [0.2, 0.25) is 0 Å². The number of rotatable bonds is 7. The molecule has 1 aliphatic carbocycles. The van der Waals surface area contributed by atoms with E-state index in [0.29, 0.717) is 24.0 Å². The molecular weight excluding hydrogens is 368 g/mol. The molecule has 0 saturated heterocycles. The molecule has 3 nitrogen and oxygen atoms in total. The highest BCUT2D eigenvalue weighted by Gasteiger charge is 2.26. The number of carbonyl (C=O) groups is 2. The second-order valence-corrected chi connectivity index (χ2v) is 6.75. The molecule has 0 fully saturated rings. The summed E-state index contributed by atoms with van der Waals surface area (Å²) < 4.78 is 6.60. The number of Topliss-reactive ketones (excluding diaryl/α,β-unsaturated/α-hetero) is 1. The van der Waals surface area contributed by atoms with Crippen LogP contribution in [0, 0.1) is 0 Å². The molecule has 0 saturated carbocycles. The molecule has 1 atom stereocenters. The Kier molecular flexibility index (Phi) is 7.44. The standard InChI is InChI=1S/C20H23BrO3/c1-2-3-4-5-10-19(17-8-6-7-9-18(17)22)24-20(23)15-11-13-16(21)14-12-15/h3-4,8,11-14,19H,2,5-7,9-10H2,1H3/b4-3-. The van der Waals surface area contributed by atoms with Crippen molar-refractivity contribution in [1.29, 1.82) is 0 Å². The minimum absolute atomic E-state index is 0.106. The van der Waals surface area contributed by atoms with Gasteiger partial charge in [0.15, 0.2) is 5.78 Å². The molecule has 0 spiro atoms. The number of hydrogen-bond donors (Lipinski definition) is 0. The van der Waals surface area contributed by atoms with Crippen molar-refractivity contribution >= 4 is 27.7 Å². The first-order valence-electron chi connectivity index (χ1n) is 8.46. The average molecular weight is 391 g/mol. The SMILES string of the molecule is CC/C=C\CCC(OC(=O)c1ccc(Br)cc1)C1=CCCCC1=O. The number of benzene rings is 1. The Morgan fingerprint density at radius 2 is 2.04 bits per heavy atom. The number of hydrogen-bond acceptors (Lipinski definition) is 3. The smallest absolute Gasteiger partial charge is 0.338 e. The molecule has 0 radical (unpaired) electrons. The first-order valence-corrected chi connectivity index (χ1v) is 9.26. The first kappa shape index (κ1) is 18.7. The minimum Gasteiger partial charge on any atom is -0.454 e. The van der Waals surface area contributed by atoms with Crippen molar-refractivity contribution in [1.82, 2.24) is 0 Å². The molecule has 0 aromatic heterocycles. The highest BCUT2D eigenvalue weighted by atomic mass is 79.9. The van der Waals surface area contributed by atoms with Crippen molar-refractivity contribution in [2.24, 2.45) is 0 Å². The fourth-order valence-electron chi connectivity index (χ4n) is 2.68. The van der Waals surface area contributed by atoms with Gasteiger partial charge in [-0.3, -0.25) is 4.79 Å². The van der Waals surface area contributed by atoms with Gasteiger partial charge in [0.1, 0.15) is 6.10 Å². The quantitative estimate of drug-likeness (QED) is 0.462. The van der Waals surface area contributed by atoms with Crippen LogP contribution in [0.4, 0.5) is 0 Å². The van der Waals surface area contributed by atoms with Crippen LogP contribution in [0.3, 0.4) is 0 Å². The first-order chi connectivity index (χ1) is 11.6. The second kappa shape index (κ2) is 9.58. The number of carbonyl (C=O) groups excluding carboxylic acids is 2. The van der Waals surface area contributed by atoms with Crippen LogP contribution >= 0.6 is 15.9 Å². The Hall–Kier alpha value is -1.68. The van der Waals surface area contributed by atoms with Crippen LogP contribution < -0.4 is 0 Å². The fraction of sp³-hybridized carbons (Fsp3) is 0.400. The monoisotopic (exact) mass is 390 g/mol. The molecular formula is C20H23BrO3. The predicted molar refractivity (Wildman–Crippen MR) is 99.0 cm³/mol. The van der Waals surface area contributed by atoms with Crippen LogP contribution in [0.15, 0.2) is 52.5 Å². The molecule has 1 unspecified atom stereocenters. The van der Waals surface area contributed by atoms with Gasteiger partial charge in [-0.2, -0.15) is 0 Å². The summed E-state index contributed by atoms with van der Waals surface area (Å²) in [6.45, 7) is 2.08. The van der Waals surface area contributed by atoms with Crippen molar-refractivity contribution in [2.45, 2.75) is 51.6 Å². The van der Waals surface area contributed by atoms with Crippen LogP contribution in [0.2, 0.25) is 0 Å². The molecule has 0 bridgehead atoms. The molecule has 4 heteroatoms. The molecule has 1 aromatic carbocycles. The third-order valence-corrected chi connectivity index (χ3v) is 4.50. The van der Waals surface area contributed by atoms with Gasteiger partial charge in [-0.05, 0) is 56.4 Å². The summed E-state index contributed by atoms with van der Waals surface area (Å²) in [7, 11) is 0. The largest absolute Gasteiger partial charge is 0.454 e. The maximum absolute atomic E-state index is 12.4. The van der Waals surface area contributed by atoms with Crippen LogP contribution in [0.5, 0.6) is 0 Å². The molecule has 2 rings (SSSR count). The van der Waals surface area contributed by atoms with E-state index in [-0.39, 0.29) is 11.8 Å². The van der Waals surface area contributed by atoms with Gasteiger partial charge in [-0.25, -0.2) is 4.79 Å². The number of ketones is 1. The molecule has 1 aliphatic rings. The third kappa shape index (κ3) is 5.45. The van der Waals surface area contributed by atoms with Gasteiger partial charge >= 0.3 is 5.97 Å². The Morgan fingerprint density at radius 3 is 2.71 bits per heavy atom. The van der Waals surface area contributed by atoms with Gasteiger partial charge in [0, 0.05) is 16.5 Å². The Labute approximate surface area is 151 Å². The van der Waals surface area contributed by atoms with Crippen LogP contribution in [0.1, 0.15) is 55.8 Å². The van der Waals surface area contributed by atoms with E-state index >= 15 is 0 Å². The lowest BCUT2D eigenvalue weighted by Gasteiger charge is -2.22. The highest BCUT2D eigenvalue weighted by Crippen LogP contribution is 2.24. The summed E-state index contributed by atoms with van der Waals surface area (Å²) in [6.07, 6.45) is 10.3. The summed E-state index contributed by atoms with van der Waals surface area (Å²) >= 11 is 3.35. The van der Waals surface area contributed by atoms with Crippen LogP contribution in [-0.4, -0.2) is 17.9 Å². The summed E-state index contributed by atoms with van der Waals surface area (Å²) in [4.78, 5) is 24.6. The van der Waals surface area contributed by atoms with E-state index in [1.165, 1.54) is 0 Å². The summed E-state index contributed by atoms with van der Waals surface area (Å²) in [6, 6.07) is 7.05. The molecule has 128 valence electrons. The summed E-state index contributed by atoms with van der Waals surface area (Å²) in [5.41, 5.74) is 1.16.